The Hall–Kier alpha value is -0.980. The number of nitrogens with zero attached hydrogens (tertiary/aromatic N) is 1. The fraction of sp³-hybridized carbons (Fsp3) is 0.364. The van der Waals surface area contributed by atoms with Gasteiger partial charge >= 0.3 is 0 Å². The lowest BCUT2D eigenvalue weighted by Crippen LogP contribution is -2.30. The van der Waals surface area contributed by atoms with Crippen LogP contribution in [0.3, 0.4) is 0 Å². The van der Waals surface area contributed by atoms with E-state index in [0.29, 0.717) is 10.0 Å². The van der Waals surface area contributed by atoms with E-state index in [1.54, 1.807) is 0 Å². The molecule has 4 nitrogen and oxygen atoms in total. The Kier molecular flexibility index (Phi) is 3.46. The Morgan fingerprint density at radius 3 is 2.47 bits per heavy atom. The molecule has 1 saturated heterocycles. The molecule has 0 unspecified atom stereocenters. The number of halogens is 2. The van der Waals surface area contributed by atoms with Crippen LogP contribution in [0.1, 0.15) is 10.4 Å². The van der Waals surface area contributed by atoms with Crippen molar-refractivity contribution in [3.8, 4) is 0 Å². The third kappa shape index (κ3) is 2.48. The highest BCUT2D eigenvalue weighted by Crippen LogP contribution is 2.22. The van der Waals surface area contributed by atoms with Crippen molar-refractivity contribution in [2.45, 2.75) is 12.2 Å². The number of amides is 1. The van der Waals surface area contributed by atoms with E-state index in [0.717, 1.165) is 0 Å². The average Bonchev–Trinajstić information content (AvgIpc) is 2.58. The molecule has 17 heavy (non-hydrogen) atoms. The number of aliphatic hydroxyl groups excluding tert-OH is 2. The van der Waals surface area contributed by atoms with Gasteiger partial charge in [0.2, 0.25) is 0 Å². The number of rotatable bonds is 1. The molecule has 1 aliphatic heterocycles. The van der Waals surface area contributed by atoms with Gasteiger partial charge in [0.05, 0.1) is 17.8 Å². The summed E-state index contributed by atoms with van der Waals surface area (Å²) in [6, 6.07) is 3.77. The highest BCUT2D eigenvalue weighted by Gasteiger charge is 2.33. The number of β-amino-alcohol motifs (C(OH)–C–C–N with tert-alkyl or cyclic N) is 2. The molecule has 1 aromatic carbocycles. The van der Waals surface area contributed by atoms with Gasteiger partial charge < -0.3 is 15.1 Å². The van der Waals surface area contributed by atoms with Crippen LogP contribution in [-0.4, -0.2) is 46.3 Å². The summed E-state index contributed by atoms with van der Waals surface area (Å²) >= 11 is 3.11. The number of carbonyl (C=O) groups excluding carboxylic acids is 1. The maximum atomic E-state index is 12.9. The van der Waals surface area contributed by atoms with Crippen molar-refractivity contribution in [3.05, 3.63) is 34.1 Å². The van der Waals surface area contributed by atoms with Crippen LogP contribution in [0.2, 0.25) is 0 Å². The molecule has 1 fully saturated rings. The van der Waals surface area contributed by atoms with E-state index in [1.807, 2.05) is 0 Å². The van der Waals surface area contributed by atoms with Crippen LogP contribution in [0.5, 0.6) is 0 Å². The molecule has 2 N–H and O–H groups in total. The summed E-state index contributed by atoms with van der Waals surface area (Å²) in [6.07, 6.45) is -1.84. The monoisotopic (exact) mass is 303 g/mol. The third-order valence-corrected chi connectivity index (χ3v) is 3.36. The largest absolute Gasteiger partial charge is 0.388 e. The minimum absolute atomic E-state index is 0.0871. The number of hydrogen-bond donors (Lipinski definition) is 2. The Morgan fingerprint density at radius 1 is 1.35 bits per heavy atom. The molecule has 1 heterocycles. The van der Waals surface area contributed by atoms with Crippen LogP contribution in [0, 0.1) is 5.82 Å². The molecule has 1 aromatic rings. The first-order valence-electron chi connectivity index (χ1n) is 5.09. The van der Waals surface area contributed by atoms with Gasteiger partial charge in [0.25, 0.3) is 5.91 Å². The summed E-state index contributed by atoms with van der Waals surface area (Å²) in [5, 5.41) is 18.7. The van der Waals surface area contributed by atoms with Gasteiger partial charge in [0.1, 0.15) is 5.82 Å². The maximum Gasteiger partial charge on any atom is 0.255 e. The van der Waals surface area contributed by atoms with Crippen LogP contribution < -0.4 is 0 Å². The molecular weight excluding hydrogens is 293 g/mol. The molecule has 0 aromatic heterocycles. The summed E-state index contributed by atoms with van der Waals surface area (Å²) in [6.45, 7) is 0.174. The smallest absolute Gasteiger partial charge is 0.255 e. The maximum absolute atomic E-state index is 12.9. The molecule has 1 amide bonds. The van der Waals surface area contributed by atoms with Gasteiger partial charge in [-0.15, -0.1) is 0 Å². The number of aliphatic hydroxyl groups is 2. The summed E-state index contributed by atoms with van der Waals surface area (Å²) in [5.41, 5.74) is 0.313. The average molecular weight is 304 g/mol. The molecule has 1 aliphatic rings. The van der Waals surface area contributed by atoms with Gasteiger partial charge in [-0.25, -0.2) is 4.39 Å². The van der Waals surface area contributed by atoms with Gasteiger partial charge in [-0.05, 0) is 34.1 Å². The number of carbonyl (C=O) groups is 1. The van der Waals surface area contributed by atoms with Gasteiger partial charge in [0.15, 0.2) is 0 Å². The number of benzene rings is 1. The fourth-order valence-corrected chi connectivity index (χ4v) is 2.29. The molecule has 92 valence electrons. The Morgan fingerprint density at radius 2 is 1.94 bits per heavy atom. The molecule has 0 saturated carbocycles. The van der Waals surface area contributed by atoms with Gasteiger partial charge in [-0.2, -0.15) is 0 Å². The second-order valence-corrected chi connectivity index (χ2v) is 4.82. The zero-order valence-corrected chi connectivity index (χ0v) is 10.4. The van der Waals surface area contributed by atoms with Crippen molar-refractivity contribution in [1.29, 1.82) is 0 Å². The lowest BCUT2D eigenvalue weighted by atomic mass is 10.2. The second-order valence-electron chi connectivity index (χ2n) is 3.97. The molecule has 0 bridgehead atoms. The normalized spacial score (nSPS) is 24.1. The minimum Gasteiger partial charge on any atom is -0.388 e. The van der Waals surface area contributed by atoms with Crippen molar-refractivity contribution < 1.29 is 19.4 Å². The first-order chi connectivity index (χ1) is 7.99. The molecule has 0 radical (unpaired) electrons. The van der Waals surface area contributed by atoms with Crippen molar-refractivity contribution in [1.82, 2.24) is 4.90 Å². The third-order valence-electron chi connectivity index (χ3n) is 2.71. The Labute approximate surface area is 106 Å². The second kappa shape index (κ2) is 4.72. The zero-order chi connectivity index (χ0) is 12.6. The van der Waals surface area contributed by atoms with E-state index in [4.69, 9.17) is 0 Å². The molecule has 2 atom stereocenters. The molecule has 0 aliphatic carbocycles. The molecule has 2 rings (SSSR count). The van der Waals surface area contributed by atoms with Crippen molar-refractivity contribution in [2.75, 3.05) is 13.1 Å². The van der Waals surface area contributed by atoms with Crippen molar-refractivity contribution in [2.24, 2.45) is 0 Å². The van der Waals surface area contributed by atoms with Crippen molar-refractivity contribution in [3.63, 3.8) is 0 Å². The zero-order valence-electron chi connectivity index (χ0n) is 8.81. The van der Waals surface area contributed by atoms with E-state index >= 15 is 0 Å². The Bertz CT molecular complexity index is 444. The minimum atomic E-state index is -0.918. The molecule has 0 spiro atoms. The van der Waals surface area contributed by atoms with Crippen LogP contribution in [-0.2, 0) is 0 Å². The van der Waals surface area contributed by atoms with Gasteiger partial charge in [-0.3, -0.25) is 4.79 Å². The van der Waals surface area contributed by atoms with E-state index in [1.165, 1.54) is 23.1 Å². The predicted octanol–water partition coefficient (Wildman–Crippen LogP) is 0.766. The lowest BCUT2D eigenvalue weighted by Gasteiger charge is -2.16. The predicted molar refractivity (Wildman–Crippen MR) is 62.0 cm³/mol. The van der Waals surface area contributed by atoms with Gasteiger partial charge in [0, 0.05) is 17.6 Å². The highest BCUT2D eigenvalue weighted by atomic mass is 79.9. The summed E-state index contributed by atoms with van der Waals surface area (Å²) in [4.78, 5) is 13.4. The number of likely N-dealkylation sites (tertiary alicyclic amines) is 1. The summed E-state index contributed by atoms with van der Waals surface area (Å²) in [5.74, 6) is -0.776. The topological polar surface area (TPSA) is 60.8 Å². The highest BCUT2D eigenvalue weighted by molar-refractivity contribution is 9.10. The molecular formula is C11H11BrFNO3. The van der Waals surface area contributed by atoms with Crippen LogP contribution in [0.4, 0.5) is 4.39 Å². The van der Waals surface area contributed by atoms with Crippen molar-refractivity contribution >= 4 is 21.8 Å². The SMILES string of the molecule is O=C(c1ccc(F)cc1Br)N1C[C@@H](O)[C@@H](O)C1. The number of hydrogen-bond acceptors (Lipinski definition) is 3. The van der Waals surface area contributed by atoms with E-state index in [-0.39, 0.29) is 19.0 Å². The van der Waals surface area contributed by atoms with Crippen LogP contribution in [0.15, 0.2) is 22.7 Å². The van der Waals surface area contributed by atoms with Crippen LogP contribution in [0.25, 0.3) is 0 Å². The van der Waals surface area contributed by atoms with E-state index in [2.05, 4.69) is 15.9 Å². The summed E-state index contributed by atoms with van der Waals surface area (Å²) < 4.78 is 13.2. The summed E-state index contributed by atoms with van der Waals surface area (Å²) in [7, 11) is 0. The lowest BCUT2D eigenvalue weighted by molar-refractivity contribution is 0.0572. The first kappa shape index (κ1) is 12.5. The van der Waals surface area contributed by atoms with Gasteiger partial charge in [-0.1, -0.05) is 0 Å². The quantitative estimate of drug-likeness (QED) is 0.805. The first-order valence-corrected chi connectivity index (χ1v) is 5.89. The van der Waals surface area contributed by atoms with Crippen LogP contribution >= 0.6 is 15.9 Å². The Balaban J connectivity index is 2.20. The standard InChI is InChI=1S/C11H11BrFNO3/c12-8-3-6(13)1-2-7(8)11(17)14-4-9(15)10(16)5-14/h1-3,9-10,15-16H,4-5H2/t9-,10+. The fourth-order valence-electron chi connectivity index (χ4n) is 1.77. The van der Waals surface area contributed by atoms with E-state index in [9.17, 15) is 19.4 Å². The molecule has 6 heteroatoms. The van der Waals surface area contributed by atoms with E-state index < -0.39 is 18.0 Å².